The molecule has 16 heavy (non-hydrogen) atoms. The van der Waals surface area contributed by atoms with Gasteiger partial charge in [0, 0.05) is 5.56 Å². The molecule has 0 bridgehead atoms. The number of amides is 1. The third-order valence-electron chi connectivity index (χ3n) is 2.94. The topological polar surface area (TPSA) is 58.6 Å². The molecule has 1 aromatic carbocycles. The molecule has 0 saturated carbocycles. The van der Waals surface area contributed by atoms with Crippen LogP contribution in [0.3, 0.4) is 0 Å². The Labute approximate surface area is 94.2 Å². The summed E-state index contributed by atoms with van der Waals surface area (Å²) in [7, 11) is 1.61. The summed E-state index contributed by atoms with van der Waals surface area (Å²) in [6, 6.07) is 7.55. The number of ether oxygens (including phenoxy) is 1. The molecule has 86 valence electrons. The number of aliphatic hydroxyl groups is 1. The monoisotopic (exact) mass is 221 g/mol. The van der Waals surface area contributed by atoms with Gasteiger partial charge in [0.2, 0.25) is 5.91 Å². The molecule has 1 aliphatic heterocycles. The number of benzene rings is 1. The molecule has 1 heterocycles. The van der Waals surface area contributed by atoms with Gasteiger partial charge < -0.3 is 15.2 Å². The molecular formula is C12H15NO3. The molecular weight excluding hydrogens is 206 g/mol. The van der Waals surface area contributed by atoms with E-state index in [1.165, 1.54) is 0 Å². The Bertz CT molecular complexity index is 392. The Balaban J connectivity index is 2.23. The average molecular weight is 221 g/mol. The van der Waals surface area contributed by atoms with E-state index in [0.717, 1.165) is 11.3 Å². The number of carbonyl (C=O) groups excluding carboxylic acids is 1. The first kappa shape index (κ1) is 11.0. The van der Waals surface area contributed by atoms with Crippen LogP contribution >= 0.6 is 0 Å². The first-order valence-electron chi connectivity index (χ1n) is 5.30. The summed E-state index contributed by atoms with van der Waals surface area (Å²) in [6.45, 7) is -0.0997. The Hall–Kier alpha value is -1.55. The lowest BCUT2D eigenvalue weighted by Gasteiger charge is -2.14. The van der Waals surface area contributed by atoms with E-state index >= 15 is 0 Å². The van der Waals surface area contributed by atoms with Gasteiger partial charge in [0.05, 0.1) is 25.7 Å². The van der Waals surface area contributed by atoms with Gasteiger partial charge in [-0.3, -0.25) is 4.79 Å². The van der Waals surface area contributed by atoms with Crippen molar-refractivity contribution in [1.29, 1.82) is 0 Å². The minimum atomic E-state index is -0.296. The minimum absolute atomic E-state index is 0.0548. The molecule has 0 radical (unpaired) electrons. The lowest BCUT2D eigenvalue weighted by Crippen LogP contribution is -2.22. The molecule has 2 rings (SSSR count). The van der Waals surface area contributed by atoms with Crippen molar-refractivity contribution in [2.45, 2.75) is 12.5 Å². The van der Waals surface area contributed by atoms with Crippen LogP contribution in [0.1, 0.15) is 18.0 Å². The highest BCUT2D eigenvalue weighted by molar-refractivity contribution is 5.81. The van der Waals surface area contributed by atoms with Gasteiger partial charge in [-0.15, -0.1) is 0 Å². The zero-order valence-corrected chi connectivity index (χ0v) is 9.14. The van der Waals surface area contributed by atoms with Gasteiger partial charge in [0.25, 0.3) is 0 Å². The van der Waals surface area contributed by atoms with Crippen molar-refractivity contribution in [3.8, 4) is 5.75 Å². The highest BCUT2D eigenvalue weighted by atomic mass is 16.5. The van der Waals surface area contributed by atoms with Gasteiger partial charge in [-0.25, -0.2) is 0 Å². The first-order valence-corrected chi connectivity index (χ1v) is 5.30. The summed E-state index contributed by atoms with van der Waals surface area (Å²) in [4.78, 5) is 11.5. The van der Waals surface area contributed by atoms with Crippen LogP contribution in [0.4, 0.5) is 0 Å². The van der Waals surface area contributed by atoms with E-state index in [2.05, 4.69) is 5.32 Å². The summed E-state index contributed by atoms with van der Waals surface area (Å²) in [6.07, 6.45) is 0.621. The number of aliphatic hydroxyl groups excluding tert-OH is 1. The van der Waals surface area contributed by atoms with Crippen molar-refractivity contribution in [2.75, 3.05) is 13.7 Å². The van der Waals surface area contributed by atoms with Crippen LogP contribution in [0.25, 0.3) is 0 Å². The number of carbonyl (C=O) groups is 1. The van der Waals surface area contributed by atoms with Gasteiger partial charge in [-0.05, 0) is 12.5 Å². The molecule has 0 spiro atoms. The largest absolute Gasteiger partial charge is 0.496 e. The van der Waals surface area contributed by atoms with Gasteiger partial charge >= 0.3 is 0 Å². The molecule has 4 heteroatoms. The predicted octanol–water partition coefficient (Wildman–Crippen LogP) is 0.865. The number of rotatable bonds is 3. The number of methoxy groups -OCH3 is 1. The second-order valence-corrected chi connectivity index (χ2v) is 3.92. The van der Waals surface area contributed by atoms with Crippen LogP contribution in [0, 0.1) is 5.92 Å². The van der Waals surface area contributed by atoms with Crippen molar-refractivity contribution in [2.24, 2.45) is 5.92 Å². The molecule has 4 nitrogen and oxygen atoms in total. The van der Waals surface area contributed by atoms with Crippen molar-refractivity contribution in [1.82, 2.24) is 5.32 Å². The van der Waals surface area contributed by atoms with Crippen LogP contribution in [0.15, 0.2) is 24.3 Å². The Kier molecular flexibility index (Phi) is 3.10. The van der Waals surface area contributed by atoms with E-state index in [4.69, 9.17) is 9.84 Å². The molecule has 1 saturated heterocycles. The standard InChI is InChI=1S/C12H15NO3/c1-16-11-5-3-2-4-9(11)10-6-8(7-14)12(15)13-10/h2-5,8,10,14H,6-7H2,1H3,(H,13,15)/t8-,10-/m0/s1. The van der Waals surface area contributed by atoms with E-state index in [1.807, 2.05) is 24.3 Å². The zero-order chi connectivity index (χ0) is 11.5. The second-order valence-electron chi connectivity index (χ2n) is 3.92. The maximum Gasteiger partial charge on any atom is 0.226 e. The number of nitrogens with one attached hydrogen (secondary N) is 1. The number of hydrogen-bond donors (Lipinski definition) is 2. The number of hydrogen-bond acceptors (Lipinski definition) is 3. The first-order chi connectivity index (χ1) is 7.76. The lowest BCUT2D eigenvalue weighted by molar-refractivity contribution is -0.123. The fraction of sp³-hybridized carbons (Fsp3) is 0.417. The molecule has 0 aliphatic carbocycles. The number of para-hydroxylation sites is 1. The van der Waals surface area contributed by atoms with E-state index in [-0.39, 0.29) is 24.5 Å². The molecule has 0 aromatic heterocycles. The van der Waals surface area contributed by atoms with E-state index in [1.54, 1.807) is 7.11 Å². The Morgan fingerprint density at radius 2 is 2.25 bits per heavy atom. The highest BCUT2D eigenvalue weighted by Crippen LogP contribution is 2.33. The normalized spacial score (nSPS) is 24.2. The van der Waals surface area contributed by atoms with Crippen LogP contribution in [0.5, 0.6) is 5.75 Å². The molecule has 1 aliphatic rings. The molecule has 2 N–H and O–H groups in total. The van der Waals surface area contributed by atoms with E-state index in [0.29, 0.717) is 6.42 Å². The van der Waals surface area contributed by atoms with Crippen LogP contribution in [-0.4, -0.2) is 24.7 Å². The molecule has 1 aromatic rings. The molecule has 2 atom stereocenters. The van der Waals surface area contributed by atoms with Crippen LogP contribution in [-0.2, 0) is 4.79 Å². The van der Waals surface area contributed by atoms with Crippen molar-refractivity contribution >= 4 is 5.91 Å². The molecule has 1 fully saturated rings. The third-order valence-corrected chi connectivity index (χ3v) is 2.94. The van der Waals surface area contributed by atoms with Crippen molar-refractivity contribution in [3.63, 3.8) is 0 Å². The smallest absolute Gasteiger partial charge is 0.226 e. The fourth-order valence-corrected chi connectivity index (χ4v) is 2.06. The highest BCUT2D eigenvalue weighted by Gasteiger charge is 2.33. The van der Waals surface area contributed by atoms with Gasteiger partial charge in [0.15, 0.2) is 0 Å². The summed E-state index contributed by atoms with van der Waals surface area (Å²) in [5, 5.41) is 11.9. The predicted molar refractivity (Wildman–Crippen MR) is 59.1 cm³/mol. The summed E-state index contributed by atoms with van der Waals surface area (Å²) >= 11 is 0. The second kappa shape index (κ2) is 4.53. The van der Waals surface area contributed by atoms with E-state index < -0.39 is 0 Å². The van der Waals surface area contributed by atoms with Gasteiger partial charge in [-0.2, -0.15) is 0 Å². The van der Waals surface area contributed by atoms with Gasteiger partial charge in [-0.1, -0.05) is 18.2 Å². The maximum atomic E-state index is 11.5. The third kappa shape index (κ3) is 1.88. The van der Waals surface area contributed by atoms with Crippen molar-refractivity contribution in [3.05, 3.63) is 29.8 Å². The SMILES string of the molecule is COc1ccccc1[C@@H]1C[C@@H](CO)C(=O)N1. The van der Waals surface area contributed by atoms with Gasteiger partial charge in [0.1, 0.15) is 5.75 Å². The lowest BCUT2D eigenvalue weighted by atomic mass is 10.00. The molecule has 1 amide bonds. The summed E-state index contributed by atoms with van der Waals surface area (Å²) in [5.74, 6) is 0.389. The Morgan fingerprint density at radius 3 is 2.88 bits per heavy atom. The van der Waals surface area contributed by atoms with Crippen molar-refractivity contribution < 1.29 is 14.6 Å². The zero-order valence-electron chi connectivity index (χ0n) is 9.14. The minimum Gasteiger partial charge on any atom is -0.496 e. The fourth-order valence-electron chi connectivity index (χ4n) is 2.06. The van der Waals surface area contributed by atoms with Crippen LogP contribution < -0.4 is 10.1 Å². The molecule has 0 unspecified atom stereocenters. The average Bonchev–Trinajstić information content (AvgIpc) is 2.70. The Morgan fingerprint density at radius 1 is 1.50 bits per heavy atom. The maximum absolute atomic E-state index is 11.5. The van der Waals surface area contributed by atoms with Crippen LogP contribution in [0.2, 0.25) is 0 Å². The summed E-state index contributed by atoms with van der Waals surface area (Å²) in [5.41, 5.74) is 0.967. The van der Waals surface area contributed by atoms with E-state index in [9.17, 15) is 4.79 Å². The quantitative estimate of drug-likeness (QED) is 0.796. The summed E-state index contributed by atoms with van der Waals surface area (Å²) < 4.78 is 5.25.